The molecule has 0 unspecified atom stereocenters. The Kier molecular flexibility index (Phi) is 2.17. The summed E-state index contributed by atoms with van der Waals surface area (Å²) in [7, 11) is 0. The average molecular weight is 156 g/mol. The van der Waals surface area contributed by atoms with E-state index in [1.807, 2.05) is 13.3 Å². The van der Waals surface area contributed by atoms with Gasteiger partial charge in [-0.1, -0.05) is 24.6 Å². The summed E-state index contributed by atoms with van der Waals surface area (Å²) in [5.74, 6) is 0.231. The van der Waals surface area contributed by atoms with Gasteiger partial charge in [-0.15, -0.1) is 0 Å². The van der Waals surface area contributed by atoms with Crippen LogP contribution in [0.3, 0.4) is 0 Å². The summed E-state index contributed by atoms with van der Waals surface area (Å²) in [5.41, 5.74) is 0.810. The van der Waals surface area contributed by atoms with Crippen LogP contribution in [0.5, 0.6) is 5.75 Å². The van der Waals surface area contributed by atoms with Crippen LogP contribution in [0.2, 0.25) is 5.02 Å². The van der Waals surface area contributed by atoms with E-state index in [1.165, 1.54) is 6.07 Å². The second-order valence-corrected chi connectivity index (χ2v) is 2.43. The second-order valence-electron chi connectivity index (χ2n) is 1.99. The van der Waals surface area contributed by atoms with Gasteiger partial charge in [0.2, 0.25) is 0 Å². The van der Waals surface area contributed by atoms with Crippen LogP contribution in [0.15, 0.2) is 18.2 Å². The summed E-state index contributed by atoms with van der Waals surface area (Å²) >= 11 is 5.60. The molecule has 1 N–H and O–H groups in total. The van der Waals surface area contributed by atoms with Crippen molar-refractivity contribution in [2.75, 3.05) is 0 Å². The number of hydrogen-bond acceptors (Lipinski definition) is 1. The smallest absolute Gasteiger partial charge is 0.120 e. The molecule has 0 amide bonds. The third kappa shape index (κ3) is 1.42. The Balaban J connectivity index is 3.07. The molecule has 0 fully saturated rings. The summed E-state index contributed by atoms with van der Waals surface area (Å²) < 4.78 is 0. The van der Waals surface area contributed by atoms with E-state index in [2.05, 4.69) is 0 Å². The van der Waals surface area contributed by atoms with Crippen molar-refractivity contribution < 1.29 is 5.11 Å². The molecule has 0 aliphatic heterocycles. The van der Waals surface area contributed by atoms with Crippen molar-refractivity contribution in [2.24, 2.45) is 0 Å². The maximum atomic E-state index is 9.18. The second kappa shape index (κ2) is 2.93. The Morgan fingerprint density at radius 1 is 1.50 bits per heavy atom. The van der Waals surface area contributed by atoms with E-state index in [4.69, 9.17) is 11.6 Å². The Bertz CT molecular complexity index is 233. The molecule has 0 aromatic heterocycles. The predicted molar refractivity (Wildman–Crippen MR) is 42.2 cm³/mol. The lowest BCUT2D eigenvalue weighted by atomic mass is 10.1. The van der Waals surface area contributed by atoms with E-state index < -0.39 is 0 Å². The average Bonchev–Trinajstić information content (AvgIpc) is 1.88. The van der Waals surface area contributed by atoms with Gasteiger partial charge >= 0.3 is 0 Å². The first-order valence-electron chi connectivity index (χ1n) is 3.02. The van der Waals surface area contributed by atoms with E-state index in [9.17, 15) is 5.11 Å². The molecule has 1 aromatic rings. The number of hydrogen-bond donors (Lipinski definition) is 1. The van der Waals surface area contributed by atoms with Gasteiger partial charge in [0.1, 0.15) is 5.75 Å². The van der Waals surface area contributed by atoms with Crippen molar-refractivity contribution in [1.82, 2.24) is 0 Å². The zero-order valence-electron chi connectivity index (χ0n) is 5.63. The fraction of sp³-hybridized carbons (Fsp3) is 0.125. The normalized spacial score (nSPS) is 9.80. The lowest BCUT2D eigenvalue weighted by Crippen LogP contribution is -1.77. The van der Waals surface area contributed by atoms with Crippen LogP contribution in [0.25, 0.3) is 0 Å². The minimum absolute atomic E-state index is 0.231. The molecule has 0 saturated heterocycles. The van der Waals surface area contributed by atoms with Crippen LogP contribution in [0.4, 0.5) is 0 Å². The van der Waals surface area contributed by atoms with Gasteiger partial charge in [0, 0.05) is 5.02 Å². The number of aromatic hydroxyl groups is 1. The largest absolute Gasteiger partial charge is 0.508 e. The van der Waals surface area contributed by atoms with Crippen LogP contribution >= 0.6 is 11.6 Å². The first-order valence-corrected chi connectivity index (χ1v) is 3.39. The van der Waals surface area contributed by atoms with Crippen molar-refractivity contribution in [3.05, 3.63) is 35.2 Å². The Hall–Kier alpha value is -0.690. The van der Waals surface area contributed by atoms with Crippen molar-refractivity contribution in [2.45, 2.75) is 6.92 Å². The van der Waals surface area contributed by atoms with Gasteiger partial charge in [-0.05, 0) is 24.1 Å². The predicted octanol–water partition coefficient (Wildman–Crippen LogP) is 2.62. The van der Waals surface area contributed by atoms with Gasteiger partial charge in [-0.25, -0.2) is 0 Å². The minimum atomic E-state index is 0.231. The number of phenols is 1. The highest BCUT2D eigenvalue weighted by Gasteiger charge is 1.97. The number of rotatable bonds is 1. The van der Waals surface area contributed by atoms with Crippen LogP contribution in [0, 0.1) is 6.42 Å². The van der Waals surface area contributed by atoms with Gasteiger partial charge in [-0.2, -0.15) is 0 Å². The van der Waals surface area contributed by atoms with Crippen LogP contribution in [-0.2, 0) is 0 Å². The zero-order chi connectivity index (χ0) is 7.56. The maximum Gasteiger partial charge on any atom is 0.120 e. The summed E-state index contributed by atoms with van der Waals surface area (Å²) in [5, 5.41) is 9.73. The molecule has 1 rings (SSSR count). The third-order valence-corrected chi connectivity index (χ3v) is 1.54. The van der Waals surface area contributed by atoms with Crippen molar-refractivity contribution in [1.29, 1.82) is 0 Å². The SMILES string of the molecule is C[CH]c1ccc(Cl)cc1O. The van der Waals surface area contributed by atoms with Crippen LogP contribution in [-0.4, -0.2) is 5.11 Å². The fourth-order valence-corrected chi connectivity index (χ4v) is 0.927. The van der Waals surface area contributed by atoms with E-state index in [0.29, 0.717) is 5.02 Å². The first kappa shape index (κ1) is 7.42. The van der Waals surface area contributed by atoms with E-state index >= 15 is 0 Å². The molecule has 2 heteroatoms. The Morgan fingerprint density at radius 2 is 2.20 bits per heavy atom. The number of halogens is 1. The van der Waals surface area contributed by atoms with Gasteiger partial charge < -0.3 is 5.11 Å². The first-order chi connectivity index (χ1) is 4.74. The topological polar surface area (TPSA) is 20.2 Å². The third-order valence-electron chi connectivity index (χ3n) is 1.30. The maximum absolute atomic E-state index is 9.18. The molecular formula is C8H8ClO. The fourth-order valence-electron chi connectivity index (χ4n) is 0.761. The Labute approximate surface area is 65.3 Å². The molecule has 0 atom stereocenters. The standard InChI is InChI=1S/C8H8ClO/c1-2-6-3-4-7(9)5-8(6)10/h2-5,10H,1H3. The van der Waals surface area contributed by atoms with Crippen LogP contribution < -0.4 is 0 Å². The van der Waals surface area contributed by atoms with Crippen LogP contribution in [0.1, 0.15) is 12.5 Å². The van der Waals surface area contributed by atoms with Crippen molar-refractivity contribution in [3.63, 3.8) is 0 Å². The minimum Gasteiger partial charge on any atom is -0.508 e. The molecule has 1 nitrogen and oxygen atoms in total. The van der Waals surface area contributed by atoms with E-state index in [-0.39, 0.29) is 5.75 Å². The highest BCUT2D eigenvalue weighted by Crippen LogP contribution is 2.22. The molecule has 1 radical (unpaired) electrons. The molecule has 10 heavy (non-hydrogen) atoms. The molecule has 53 valence electrons. The summed E-state index contributed by atoms with van der Waals surface area (Å²) in [6.45, 7) is 1.86. The summed E-state index contributed by atoms with van der Waals surface area (Å²) in [4.78, 5) is 0. The van der Waals surface area contributed by atoms with Gasteiger partial charge in [0.25, 0.3) is 0 Å². The highest BCUT2D eigenvalue weighted by atomic mass is 35.5. The molecule has 0 aliphatic carbocycles. The molecule has 0 aliphatic rings. The van der Waals surface area contributed by atoms with Gasteiger partial charge in [-0.3, -0.25) is 0 Å². The molecule has 0 bridgehead atoms. The summed E-state index contributed by atoms with van der Waals surface area (Å²) in [6, 6.07) is 5.05. The van der Waals surface area contributed by atoms with Crippen molar-refractivity contribution >= 4 is 11.6 Å². The van der Waals surface area contributed by atoms with Gasteiger partial charge in [0.15, 0.2) is 0 Å². The molecular weight excluding hydrogens is 148 g/mol. The lowest BCUT2D eigenvalue weighted by molar-refractivity contribution is 0.472. The van der Waals surface area contributed by atoms with Gasteiger partial charge in [0.05, 0.1) is 0 Å². The monoisotopic (exact) mass is 155 g/mol. The molecule has 0 heterocycles. The molecule has 1 aromatic carbocycles. The summed E-state index contributed by atoms with van der Waals surface area (Å²) in [6.07, 6.45) is 1.83. The molecule has 0 spiro atoms. The number of phenolic OH excluding ortho intramolecular Hbond substituents is 1. The van der Waals surface area contributed by atoms with Crippen molar-refractivity contribution in [3.8, 4) is 5.75 Å². The Morgan fingerprint density at radius 3 is 2.70 bits per heavy atom. The van der Waals surface area contributed by atoms with E-state index in [1.54, 1.807) is 12.1 Å². The quantitative estimate of drug-likeness (QED) is 0.661. The molecule has 0 saturated carbocycles. The van der Waals surface area contributed by atoms with E-state index in [0.717, 1.165) is 5.56 Å². The lowest BCUT2D eigenvalue weighted by Gasteiger charge is -1.99. The zero-order valence-corrected chi connectivity index (χ0v) is 6.39. The highest BCUT2D eigenvalue weighted by molar-refractivity contribution is 6.30. The number of benzene rings is 1.